The van der Waals surface area contributed by atoms with Crippen LogP contribution in [-0.4, -0.2) is 20.5 Å². The third kappa shape index (κ3) is 7.42. The molecule has 0 aliphatic carbocycles. The molecule has 0 saturated heterocycles. The van der Waals surface area contributed by atoms with Crippen LogP contribution in [0.2, 0.25) is 0 Å². The lowest BCUT2D eigenvalue weighted by Gasteiger charge is -2.06. The summed E-state index contributed by atoms with van der Waals surface area (Å²) in [5.41, 5.74) is 2.60. The van der Waals surface area contributed by atoms with E-state index in [-0.39, 0.29) is 0 Å². The Labute approximate surface area is 61.2 Å². The van der Waals surface area contributed by atoms with E-state index in [4.69, 9.17) is 4.74 Å². The minimum Gasteiger partial charge on any atom is -0.484 e. The number of nitrogens with one attached hydrogen (secondary N) is 2. The Hall–Kier alpha value is -0.580. The van der Waals surface area contributed by atoms with Crippen LogP contribution in [0, 0.1) is 0 Å². The van der Waals surface area contributed by atoms with Crippen molar-refractivity contribution in [2.24, 2.45) is 0 Å². The van der Waals surface area contributed by atoms with Crippen LogP contribution < -0.4 is 10.8 Å². The predicted molar refractivity (Wildman–Crippen MR) is 38.9 cm³/mol. The van der Waals surface area contributed by atoms with Gasteiger partial charge in [0.15, 0.2) is 0 Å². The first-order chi connectivity index (χ1) is 4.77. The van der Waals surface area contributed by atoms with Gasteiger partial charge in [-0.15, -0.1) is 0 Å². The second-order valence-electron chi connectivity index (χ2n) is 1.77. The number of hydrogen-bond donors (Lipinski definition) is 2. The molecule has 0 rings (SSSR count). The summed E-state index contributed by atoms with van der Waals surface area (Å²) in [5.74, 6) is 0.699. The van der Waals surface area contributed by atoms with Crippen molar-refractivity contribution in [3.05, 3.63) is 12.3 Å². The fraction of sp³-hybridized carbons (Fsp3) is 0.667. The molecule has 4 heteroatoms. The van der Waals surface area contributed by atoms with Crippen molar-refractivity contribution in [1.82, 2.24) is 10.8 Å². The quantitative estimate of drug-likeness (QED) is 0.243. The number of allylic oxidation sites excluding steroid dienone is 1. The van der Waals surface area contributed by atoms with E-state index in [1.807, 2.05) is 0 Å². The van der Waals surface area contributed by atoms with Gasteiger partial charge < -0.3 is 9.57 Å². The minimum absolute atomic E-state index is 0.450. The topological polar surface area (TPSA) is 42.5 Å². The Kier molecular flexibility index (Phi) is 6.16. The highest BCUT2D eigenvalue weighted by atomic mass is 16.6. The lowest BCUT2D eigenvalue weighted by atomic mass is 10.7. The van der Waals surface area contributed by atoms with Gasteiger partial charge in [0, 0.05) is 0 Å². The van der Waals surface area contributed by atoms with Crippen LogP contribution in [0.1, 0.15) is 6.92 Å². The van der Waals surface area contributed by atoms with Crippen molar-refractivity contribution in [1.29, 1.82) is 0 Å². The molecule has 0 radical (unpaired) electrons. The van der Waals surface area contributed by atoms with E-state index < -0.39 is 0 Å². The largest absolute Gasteiger partial charge is 0.484 e. The smallest absolute Gasteiger partial charge is 0.140 e. The van der Waals surface area contributed by atoms with Crippen LogP contribution in [-0.2, 0) is 9.57 Å². The second-order valence-corrected chi connectivity index (χ2v) is 1.77. The average molecular weight is 146 g/mol. The molecule has 0 aromatic heterocycles. The third-order valence-electron chi connectivity index (χ3n) is 0.762. The fourth-order valence-corrected chi connectivity index (χ4v) is 0.348. The van der Waals surface area contributed by atoms with Gasteiger partial charge in [0.2, 0.25) is 0 Å². The Morgan fingerprint density at radius 3 is 2.80 bits per heavy atom. The Bertz CT molecular complexity index is 95.7. The van der Waals surface area contributed by atoms with E-state index in [9.17, 15) is 0 Å². The Morgan fingerprint density at radius 1 is 1.60 bits per heavy atom. The molecule has 0 atom stereocenters. The summed E-state index contributed by atoms with van der Waals surface area (Å²) in [6, 6.07) is 0. The van der Waals surface area contributed by atoms with Crippen molar-refractivity contribution in [2.75, 3.05) is 20.5 Å². The molecule has 0 saturated carbocycles. The van der Waals surface area contributed by atoms with Crippen LogP contribution in [0.15, 0.2) is 12.3 Å². The zero-order chi connectivity index (χ0) is 7.82. The highest BCUT2D eigenvalue weighted by Gasteiger charge is 1.84. The molecule has 0 unspecified atom stereocenters. The molecule has 0 aromatic rings. The maximum Gasteiger partial charge on any atom is 0.140 e. The summed E-state index contributed by atoms with van der Waals surface area (Å²) in [7, 11) is 1.56. The molecule has 60 valence electrons. The summed E-state index contributed by atoms with van der Waals surface area (Å²) in [4.78, 5) is 4.56. The van der Waals surface area contributed by atoms with E-state index in [1.54, 1.807) is 14.0 Å². The summed E-state index contributed by atoms with van der Waals surface area (Å²) < 4.78 is 4.99. The van der Waals surface area contributed by atoms with E-state index in [2.05, 4.69) is 22.2 Å². The SMILES string of the molecule is C=C(C)OCNCNOC. The van der Waals surface area contributed by atoms with Crippen LogP contribution in [0.3, 0.4) is 0 Å². The van der Waals surface area contributed by atoms with Crippen LogP contribution in [0.5, 0.6) is 0 Å². The lowest BCUT2D eigenvalue weighted by Crippen LogP contribution is -2.29. The third-order valence-corrected chi connectivity index (χ3v) is 0.762. The number of ether oxygens (including phenoxy) is 1. The van der Waals surface area contributed by atoms with Gasteiger partial charge in [-0.1, -0.05) is 6.58 Å². The predicted octanol–water partition coefficient (Wildman–Crippen LogP) is 0.192. The van der Waals surface area contributed by atoms with Crippen molar-refractivity contribution < 1.29 is 9.57 Å². The standard InChI is InChI=1S/C6H14N2O2/c1-6(2)10-5-7-4-8-9-3/h7-8H,1,4-5H2,2-3H3. The number of rotatable bonds is 6. The van der Waals surface area contributed by atoms with E-state index in [1.165, 1.54) is 0 Å². The highest BCUT2D eigenvalue weighted by molar-refractivity contribution is 4.72. The van der Waals surface area contributed by atoms with Gasteiger partial charge in [0.05, 0.1) is 19.5 Å². The molecular formula is C6H14N2O2. The van der Waals surface area contributed by atoms with E-state index in [0.29, 0.717) is 19.2 Å². The summed E-state index contributed by atoms with van der Waals surface area (Å²) >= 11 is 0. The summed E-state index contributed by atoms with van der Waals surface area (Å²) in [5, 5.41) is 2.90. The highest BCUT2D eigenvalue weighted by Crippen LogP contribution is 1.84. The normalized spacial score (nSPS) is 9.40. The Morgan fingerprint density at radius 2 is 2.30 bits per heavy atom. The maximum atomic E-state index is 4.99. The van der Waals surface area contributed by atoms with Crippen molar-refractivity contribution in [3.63, 3.8) is 0 Å². The van der Waals surface area contributed by atoms with E-state index >= 15 is 0 Å². The molecule has 0 heterocycles. The number of hydrogen-bond acceptors (Lipinski definition) is 4. The maximum absolute atomic E-state index is 4.99. The van der Waals surface area contributed by atoms with E-state index in [0.717, 1.165) is 0 Å². The molecule has 10 heavy (non-hydrogen) atoms. The molecule has 0 aliphatic heterocycles. The zero-order valence-corrected chi connectivity index (χ0v) is 6.44. The van der Waals surface area contributed by atoms with Gasteiger partial charge >= 0.3 is 0 Å². The van der Waals surface area contributed by atoms with Crippen molar-refractivity contribution >= 4 is 0 Å². The molecule has 2 N–H and O–H groups in total. The molecule has 4 nitrogen and oxygen atoms in total. The van der Waals surface area contributed by atoms with Crippen LogP contribution >= 0.6 is 0 Å². The number of hydroxylamine groups is 1. The van der Waals surface area contributed by atoms with Crippen molar-refractivity contribution in [3.8, 4) is 0 Å². The molecule has 0 aliphatic rings. The summed E-state index contributed by atoms with van der Waals surface area (Å²) in [6.45, 7) is 6.37. The van der Waals surface area contributed by atoms with Gasteiger partial charge in [0.1, 0.15) is 6.73 Å². The first-order valence-corrected chi connectivity index (χ1v) is 3.02. The fourth-order valence-electron chi connectivity index (χ4n) is 0.348. The lowest BCUT2D eigenvalue weighted by molar-refractivity contribution is 0.0742. The Balaban J connectivity index is 2.84. The molecular weight excluding hydrogens is 132 g/mol. The van der Waals surface area contributed by atoms with Crippen LogP contribution in [0.4, 0.5) is 0 Å². The molecule has 0 fully saturated rings. The van der Waals surface area contributed by atoms with Gasteiger partial charge in [-0.05, 0) is 6.92 Å². The second kappa shape index (κ2) is 6.54. The van der Waals surface area contributed by atoms with Gasteiger partial charge in [-0.25, -0.2) is 0 Å². The summed E-state index contributed by atoms with van der Waals surface area (Å²) in [6.07, 6.45) is 0. The minimum atomic E-state index is 0.450. The first kappa shape index (κ1) is 9.42. The molecule has 0 spiro atoms. The first-order valence-electron chi connectivity index (χ1n) is 3.02. The van der Waals surface area contributed by atoms with Gasteiger partial charge in [0.25, 0.3) is 0 Å². The average Bonchev–Trinajstić information content (AvgIpc) is 1.87. The monoisotopic (exact) mass is 146 g/mol. The molecule has 0 aromatic carbocycles. The van der Waals surface area contributed by atoms with Gasteiger partial charge in [-0.3, -0.25) is 5.32 Å². The van der Waals surface area contributed by atoms with Crippen molar-refractivity contribution in [2.45, 2.75) is 6.92 Å². The molecule has 0 bridgehead atoms. The van der Waals surface area contributed by atoms with Crippen LogP contribution in [0.25, 0.3) is 0 Å². The molecule has 0 amide bonds. The zero-order valence-electron chi connectivity index (χ0n) is 6.44. The van der Waals surface area contributed by atoms with Gasteiger partial charge in [-0.2, -0.15) is 5.48 Å².